The van der Waals surface area contributed by atoms with Gasteiger partial charge in [-0.05, 0) is 6.42 Å². The summed E-state index contributed by atoms with van der Waals surface area (Å²) >= 11 is 1.60. The largest absolute Gasteiger partial charge is 0.358 e. The van der Waals surface area contributed by atoms with Crippen molar-refractivity contribution >= 4 is 17.7 Å². The van der Waals surface area contributed by atoms with Crippen molar-refractivity contribution in [2.75, 3.05) is 26.0 Å². The highest BCUT2D eigenvalue weighted by molar-refractivity contribution is 8.00. The van der Waals surface area contributed by atoms with Gasteiger partial charge in [0.05, 0.1) is 19.0 Å². The Hall–Kier alpha value is -0.300. The van der Waals surface area contributed by atoms with Gasteiger partial charge in [0.25, 0.3) is 0 Å². The molecule has 2 rings (SSSR count). The van der Waals surface area contributed by atoms with E-state index in [9.17, 15) is 4.79 Å². The van der Waals surface area contributed by atoms with Crippen LogP contribution in [-0.2, 0) is 14.3 Å². The number of nitrogens with one attached hydrogen (secondary N) is 1. The molecule has 3 N–H and O–H groups in total. The number of ether oxygens (including phenoxy) is 2. The van der Waals surface area contributed by atoms with Crippen molar-refractivity contribution in [3.05, 3.63) is 0 Å². The van der Waals surface area contributed by atoms with Gasteiger partial charge in [0.1, 0.15) is 0 Å². The number of nitrogens with two attached hydrogens (primary N) is 1. The summed E-state index contributed by atoms with van der Waals surface area (Å²) in [6.07, 6.45) is 2.55. The molecule has 1 saturated heterocycles. The number of carbonyl (C=O) groups excluding carboxylic acids is 1. The molecule has 1 aliphatic carbocycles. The molecule has 2 fully saturated rings. The summed E-state index contributed by atoms with van der Waals surface area (Å²) < 4.78 is 11.4. The molecule has 0 bridgehead atoms. The van der Waals surface area contributed by atoms with Crippen LogP contribution in [-0.4, -0.2) is 49.0 Å². The van der Waals surface area contributed by atoms with Gasteiger partial charge in [-0.3, -0.25) is 4.79 Å². The highest BCUT2D eigenvalue weighted by Gasteiger charge is 2.44. The molecule has 0 aromatic rings. The van der Waals surface area contributed by atoms with Gasteiger partial charge in [-0.15, -0.1) is 11.8 Å². The highest BCUT2D eigenvalue weighted by atomic mass is 32.2. The van der Waals surface area contributed by atoms with Gasteiger partial charge in [-0.25, -0.2) is 0 Å². The Bertz CT molecular complexity index is 282. The Kier molecular flexibility index (Phi) is 4.30. The van der Waals surface area contributed by atoms with Crippen LogP contribution in [0.2, 0.25) is 0 Å². The first kappa shape index (κ1) is 13.1. The van der Waals surface area contributed by atoms with Crippen molar-refractivity contribution < 1.29 is 14.3 Å². The maximum atomic E-state index is 11.2. The lowest BCUT2D eigenvalue weighted by molar-refractivity contribution is -0.176. The van der Waals surface area contributed by atoms with Crippen LogP contribution in [0.15, 0.2) is 0 Å². The maximum absolute atomic E-state index is 11.2. The minimum atomic E-state index is -0.420. The zero-order chi connectivity index (χ0) is 12.3. The van der Waals surface area contributed by atoms with Crippen molar-refractivity contribution in [3.8, 4) is 0 Å². The third kappa shape index (κ3) is 3.13. The summed E-state index contributed by atoms with van der Waals surface area (Å²) in [6.45, 7) is 1.34. The fourth-order valence-electron chi connectivity index (χ4n) is 2.33. The van der Waals surface area contributed by atoms with Gasteiger partial charge in [-0.2, -0.15) is 0 Å². The van der Waals surface area contributed by atoms with Gasteiger partial charge in [0.2, 0.25) is 5.91 Å². The van der Waals surface area contributed by atoms with E-state index < -0.39 is 5.79 Å². The molecular weight excluding hydrogens is 240 g/mol. The molecule has 0 aromatic carbocycles. The van der Waals surface area contributed by atoms with Gasteiger partial charge in [-0.1, -0.05) is 0 Å². The molecule has 2 unspecified atom stereocenters. The van der Waals surface area contributed by atoms with E-state index in [2.05, 4.69) is 5.32 Å². The SMILES string of the molecule is CNC(=O)CSC1CC2(CCC1N)OCCO2. The van der Waals surface area contributed by atoms with Crippen LogP contribution in [0.3, 0.4) is 0 Å². The lowest BCUT2D eigenvalue weighted by atomic mass is 9.90. The van der Waals surface area contributed by atoms with Gasteiger partial charge >= 0.3 is 0 Å². The molecule has 0 aromatic heterocycles. The van der Waals surface area contributed by atoms with Crippen LogP contribution in [0.5, 0.6) is 0 Å². The van der Waals surface area contributed by atoms with E-state index in [-0.39, 0.29) is 17.2 Å². The van der Waals surface area contributed by atoms with Crippen molar-refractivity contribution in [2.45, 2.75) is 36.3 Å². The number of thioether (sulfide) groups is 1. The Morgan fingerprint density at radius 1 is 1.53 bits per heavy atom. The number of carbonyl (C=O) groups is 1. The zero-order valence-corrected chi connectivity index (χ0v) is 10.9. The fraction of sp³-hybridized carbons (Fsp3) is 0.909. The van der Waals surface area contributed by atoms with E-state index in [0.717, 1.165) is 19.3 Å². The molecule has 5 nitrogen and oxygen atoms in total. The maximum Gasteiger partial charge on any atom is 0.229 e. The van der Waals surface area contributed by atoms with E-state index in [4.69, 9.17) is 15.2 Å². The number of hydrogen-bond acceptors (Lipinski definition) is 5. The Balaban J connectivity index is 1.88. The van der Waals surface area contributed by atoms with Crippen molar-refractivity contribution in [1.29, 1.82) is 0 Å². The van der Waals surface area contributed by atoms with Crippen molar-refractivity contribution in [2.24, 2.45) is 5.73 Å². The summed E-state index contributed by atoms with van der Waals surface area (Å²) in [7, 11) is 1.65. The molecule has 17 heavy (non-hydrogen) atoms. The molecular formula is C11H20N2O3S. The summed E-state index contributed by atoms with van der Waals surface area (Å²) in [5.74, 6) is 0.0661. The first-order chi connectivity index (χ1) is 8.15. The Labute approximate surface area is 106 Å². The van der Waals surface area contributed by atoms with Crippen LogP contribution < -0.4 is 11.1 Å². The topological polar surface area (TPSA) is 73.6 Å². The lowest BCUT2D eigenvalue weighted by Crippen LogP contribution is -2.48. The molecule has 1 aliphatic heterocycles. The van der Waals surface area contributed by atoms with Crippen LogP contribution >= 0.6 is 11.8 Å². The van der Waals surface area contributed by atoms with Crippen LogP contribution in [0, 0.1) is 0 Å². The minimum Gasteiger partial charge on any atom is -0.358 e. The predicted octanol–water partition coefficient (Wildman–Crippen LogP) is 0.0885. The molecule has 1 saturated carbocycles. The van der Waals surface area contributed by atoms with E-state index in [0.29, 0.717) is 19.0 Å². The van der Waals surface area contributed by atoms with E-state index >= 15 is 0 Å². The Morgan fingerprint density at radius 2 is 2.24 bits per heavy atom. The molecule has 2 aliphatic rings. The van der Waals surface area contributed by atoms with Crippen LogP contribution in [0.25, 0.3) is 0 Å². The quantitative estimate of drug-likeness (QED) is 0.752. The molecule has 0 radical (unpaired) electrons. The molecule has 98 valence electrons. The van der Waals surface area contributed by atoms with Gasteiger partial charge in [0.15, 0.2) is 5.79 Å². The number of hydrogen-bond donors (Lipinski definition) is 2. The second kappa shape index (κ2) is 5.56. The third-order valence-corrected chi connectivity index (χ3v) is 4.74. The molecule has 1 spiro atoms. The van der Waals surface area contributed by atoms with Gasteiger partial charge in [0, 0.05) is 31.2 Å². The summed E-state index contributed by atoms with van der Waals surface area (Å²) in [5, 5.41) is 2.85. The van der Waals surface area contributed by atoms with E-state index in [1.807, 2.05) is 0 Å². The monoisotopic (exact) mass is 260 g/mol. The van der Waals surface area contributed by atoms with Gasteiger partial charge < -0.3 is 20.5 Å². The molecule has 1 heterocycles. The van der Waals surface area contributed by atoms with E-state index in [1.54, 1.807) is 18.8 Å². The average Bonchev–Trinajstić information content (AvgIpc) is 2.79. The van der Waals surface area contributed by atoms with Crippen LogP contribution in [0.1, 0.15) is 19.3 Å². The summed E-state index contributed by atoms with van der Waals surface area (Å²) in [6, 6.07) is 0.128. The van der Waals surface area contributed by atoms with Crippen molar-refractivity contribution in [3.63, 3.8) is 0 Å². The molecule has 6 heteroatoms. The normalized spacial score (nSPS) is 31.6. The smallest absolute Gasteiger partial charge is 0.229 e. The standard InChI is InChI=1S/C11H20N2O3S/c1-13-10(14)7-17-9-6-11(3-2-8(9)12)15-4-5-16-11/h8-9H,2-7,12H2,1H3,(H,13,14). The minimum absolute atomic E-state index is 0.0371. The Morgan fingerprint density at radius 3 is 2.88 bits per heavy atom. The second-order valence-corrected chi connectivity index (χ2v) is 5.76. The zero-order valence-electron chi connectivity index (χ0n) is 10.1. The predicted molar refractivity (Wildman–Crippen MR) is 66.8 cm³/mol. The lowest BCUT2D eigenvalue weighted by Gasteiger charge is -2.39. The number of rotatable bonds is 3. The third-order valence-electron chi connectivity index (χ3n) is 3.37. The first-order valence-corrected chi connectivity index (χ1v) is 7.06. The molecule has 2 atom stereocenters. The number of amides is 1. The molecule has 1 amide bonds. The van der Waals surface area contributed by atoms with Crippen LogP contribution in [0.4, 0.5) is 0 Å². The highest BCUT2D eigenvalue weighted by Crippen LogP contribution is 2.39. The summed E-state index contributed by atoms with van der Waals surface area (Å²) in [4.78, 5) is 11.2. The first-order valence-electron chi connectivity index (χ1n) is 6.01. The second-order valence-electron chi connectivity index (χ2n) is 4.54. The average molecular weight is 260 g/mol. The van der Waals surface area contributed by atoms with E-state index in [1.165, 1.54) is 0 Å². The van der Waals surface area contributed by atoms with Crippen molar-refractivity contribution in [1.82, 2.24) is 5.32 Å². The summed E-state index contributed by atoms with van der Waals surface area (Å²) in [5.41, 5.74) is 6.09. The fourth-order valence-corrected chi connectivity index (χ4v) is 3.59.